The van der Waals surface area contributed by atoms with Gasteiger partial charge in [0, 0.05) is 18.7 Å². The molecule has 2 aromatic rings. The van der Waals surface area contributed by atoms with Crippen LogP contribution in [0.1, 0.15) is 55.8 Å². The number of ketones is 1. The van der Waals surface area contributed by atoms with Crippen molar-refractivity contribution in [3.63, 3.8) is 0 Å². The Labute approximate surface area is 214 Å². The number of hydrogen-bond donors (Lipinski definition) is 1. The van der Waals surface area contributed by atoms with Gasteiger partial charge in [-0.05, 0) is 75.3 Å². The first-order chi connectivity index (χ1) is 17.3. The molecular formula is C29H38N2O5. The van der Waals surface area contributed by atoms with E-state index in [0.29, 0.717) is 37.6 Å². The average Bonchev–Trinajstić information content (AvgIpc) is 3.11. The van der Waals surface area contributed by atoms with E-state index < -0.39 is 17.7 Å². The van der Waals surface area contributed by atoms with Crippen LogP contribution >= 0.6 is 0 Å². The highest BCUT2D eigenvalue weighted by Gasteiger charge is 2.46. The maximum atomic E-state index is 13.2. The van der Waals surface area contributed by atoms with Gasteiger partial charge in [0.15, 0.2) is 0 Å². The fourth-order valence-electron chi connectivity index (χ4n) is 4.20. The Kier molecular flexibility index (Phi) is 9.53. The molecule has 0 saturated carbocycles. The van der Waals surface area contributed by atoms with E-state index in [1.54, 1.807) is 17.0 Å². The minimum atomic E-state index is -0.690. The van der Waals surface area contributed by atoms with Crippen LogP contribution in [0.3, 0.4) is 0 Å². The molecular weight excluding hydrogens is 456 g/mol. The molecule has 7 nitrogen and oxygen atoms in total. The van der Waals surface area contributed by atoms with Crippen molar-refractivity contribution in [2.24, 2.45) is 0 Å². The number of likely N-dealkylation sites (tertiary alicyclic amines) is 1. The zero-order valence-corrected chi connectivity index (χ0v) is 22.0. The molecule has 1 N–H and O–H groups in total. The molecule has 0 radical (unpaired) electrons. The summed E-state index contributed by atoms with van der Waals surface area (Å²) in [6, 6.07) is 12.1. The molecule has 1 aliphatic heterocycles. The van der Waals surface area contributed by atoms with E-state index in [2.05, 4.69) is 6.92 Å². The van der Waals surface area contributed by atoms with Gasteiger partial charge in [-0.2, -0.15) is 0 Å². The Balaban J connectivity index is 2.03. The van der Waals surface area contributed by atoms with Gasteiger partial charge in [-0.3, -0.25) is 9.59 Å². The van der Waals surface area contributed by atoms with Crippen molar-refractivity contribution in [2.45, 2.75) is 46.1 Å². The summed E-state index contributed by atoms with van der Waals surface area (Å²) in [6.07, 6.45) is 2.89. The van der Waals surface area contributed by atoms with Crippen LogP contribution in [-0.2, 0) is 9.59 Å². The molecule has 1 saturated heterocycles. The number of carbonyl (C=O) groups excluding carboxylic acids is 2. The van der Waals surface area contributed by atoms with Crippen molar-refractivity contribution in [3.05, 3.63) is 64.7 Å². The molecule has 1 aliphatic rings. The number of hydrogen-bond acceptors (Lipinski definition) is 6. The number of nitrogens with zero attached hydrogens (tertiary/aromatic N) is 2. The maximum absolute atomic E-state index is 13.2. The molecule has 2 aromatic carbocycles. The Morgan fingerprint density at radius 3 is 2.25 bits per heavy atom. The van der Waals surface area contributed by atoms with E-state index in [4.69, 9.17) is 9.47 Å². The van der Waals surface area contributed by atoms with Gasteiger partial charge in [0.05, 0.1) is 24.8 Å². The monoisotopic (exact) mass is 494 g/mol. The molecule has 1 heterocycles. The quantitative estimate of drug-likeness (QED) is 0.195. The first-order valence-corrected chi connectivity index (χ1v) is 12.7. The SMILES string of the molecule is CCCCOc1ccc(/C(O)=C2\C(=O)C(=O)N(CCN(C)C)C2c2ccc(OCCC)cc2)c(C)c1. The van der Waals surface area contributed by atoms with Gasteiger partial charge >= 0.3 is 0 Å². The second kappa shape index (κ2) is 12.6. The average molecular weight is 495 g/mol. The molecule has 0 aliphatic carbocycles. The van der Waals surface area contributed by atoms with Crippen molar-refractivity contribution in [1.82, 2.24) is 9.80 Å². The third-order valence-corrected chi connectivity index (χ3v) is 6.22. The van der Waals surface area contributed by atoms with E-state index in [1.807, 2.05) is 63.2 Å². The number of carbonyl (C=O) groups is 2. The first kappa shape index (κ1) is 27.3. The third-order valence-electron chi connectivity index (χ3n) is 6.22. The molecule has 1 amide bonds. The molecule has 0 bridgehead atoms. The van der Waals surface area contributed by atoms with Crippen molar-refractivity contribution in [1.29, 1.82) is 0 Å². The molecule has 194 valence electrons. The number of aliphatic hydroxyl groups is 1. The van der Waals surface area contributed by atoms with Crippen LogP contribution in [0, 0.1) is 6.92 Å². The van der Waals surface area contributed by atoms with Crippen LogP contribution in [0.2, 0.25) is 0 Å². The summed E-state index contributed by atoms with van der Waals surface area (Å²) in [4.78, 5) is 29.9. The summed E-state index contributed by atoms with van der Waals surface area (Å²) >= 11 is 0. The van der Waals surface area contributed by atoms with Gasteiger partial charge in [-0.25, -0.2) is 0 Å². The van der Waals surface area contributed by atoms with Crippen molar-refractivity contribution >= 4 is 17.4 Å². The van der Waals surface area contributed by atoms with Crippen molar-refractivity contribution in [2.75, 3.05) is 40.4 Å². The van der Waals surface area contributed by atoms with Crippen LogP contribution in [0.25, 0.3) is 5.76 Å². The van der Waals surface area contributed by atoms with Crippen molar-refractivity contribution < 1.29 is 24.2 Å². The first-order valence-electron chi connectivity index (χ1n) is 12.7. The van der Waals surface area contributed by atoms with Crippen LogP contribution in [0.4, 0.5) is 0 Å². The van der Waals surface area contributed by atoms with Crippen molar-refractivity contribution in [3.8, 4) is 11.5 Å². The summed E-state index contributed by atoms with van der Waals surface area (Å²) in [7, 11) is 3.83. The summed E-state index contributed by atoms with van der Waals surface area (Å²) in [5.74, 6) is -0.0183. The number of aliphatic hydroxyl groups excluding tert-OH is 1. The normalized spacial score (nSPS) is 17.2. The van der Waals surface area contributed by atoms with Crippen LogP contribution in [0.15, 0.2) is 48.0 Å². The lowest BCUT2D eigenvalue weighted by Gasteiger charge is -2.27. The Bertz CT molecular complexity index is 1090. The van der Waals surface area contributed by atoms with E-state index in [-0.39, 0.29) is 11.3 Å². The van der Waals surface area contributed by atoms with Gasteiger partial charge in [0.25, 0.3) is 11.7 Å². The van der Waals surface area contributed by atoms with E-state index >= 15 is 0 Å². The number of amides is 1. The topological polar surface area (TPSA) is 79.3 Å². The minimum absolute atomic E-state index is 0.101. The van der Waals surface area contributed by atoms with Crippen LogP contribution in [0.5, 0.6) is 11.5 Å². The third kappa shape index (κ3) is 6.26. The fourth-order valence-corrected chi connectivity index (χ4v) is 4.20. The maximum Gasteiger partial charge on any atom is 0.295 e. The molecule has 1 fully saturated rings. The van der Waals surface area contributed by atoms with Gasteiger partial charge in [0.1, 0.15) is 17.3 Å². The van der Waals surface area contributed by atoms with E-state index in [9.17, 15) is 14.7 Å². The number of likely N-dealkylation sites (N-methyl/N-ethyl adjacent to an activating group) is 1. The minimum Gasteiger partial charge on any atom is -0.507 e. The number of Topliss-reactive ketones (excluding diaryl/α,β-unsaturated/α-hetero) is 1. The fraction of sp³-hybridized carbons (Fsp3) is 0.448. The molecule has 1 unspecified atom stereocenters. The second-order valence-corrected chi connectivity index (χ2v) is 9.39. The molecule has 7 heteroatoms. The summed E-state index contributed by atoms with van der Waals surface area (Å²) < 4.78 is 11.5. The number of aryl methyl sites for hydroxylation is 1. The molecule has 0 aromatic heterocycles. The highest BCUT2D eigenvalue weighted by atomic mass is 16.5. The zero-order valence-electron chi connectivity index (χ0n) is 22.0. The highest BCUT2D eigenvalue weighted by molar-refractivity contribution is 6.46. The summed E-state index contributed by atoms with van der Waals surface area (Å²) in [6.45, 7) is 8.18. The number of benzene rings is 2. The van der Waals surface area contributed by atoms with E-state index in [1.165, 1.54) is 0 Å². The summed E-state index contributed by atoms with van der Waals surface area (Å²) in [5.41, 5.74) is 2.12. The second-order valence-electron chi connectivity index (χ2n) is 9.39. The number of unbranched alkanes of at least 4 members (excludes halogenated alkanes) is 1. The molecule has 1 atom stereocenters. The molecule has 36 heavy (non-hydrogen) atoms. The van der Waals surface area contributed by atoms with Crippen LogP contribution in [-0.4, -0.2) is 67.0 Å². The Morgan fingerprint density at radius 2 is 1.64 bits per heavy atom. The predicted octanol–water partition coefficient (Wildman–Crippen LogP) is 4.95. The largest absolute Gasteiger partial charge is 0.507 e. The van der Waals surface area contributed by atoms with Gasteiger partial charge in [-0.1, -0.05) is 32.4 Å². The molecule has 3 rings (SSSR count). The highest BCUT2D eigenvalue weighted by Crippen LogP contribution is 2.40. The standard InChI is InChI=1S/C29H38N2O5/c1-6-8-18-36-23-13-14-24(20(3)19-23)27(32)25-26(21-9-11-22(12-10-21)35-17-7-2)31(16-15-30(4)5)29(34)28(25)33/h9-14,19,26,32H,6-8,15-18H2,1-5H3/b27-25+. The lowest BCUT2D eigenvalue weighted by Crippen LogP contribution is -2.35. The predicted molar refractivity (Wildman–Crippen MR) is 141 cm³/mol. The number of rotatable bonds is 12. The lowest BCUT2D eigenvalue weighted by atomic mass is 9.94. The lowest BCUT2D eigenvalue weighted by molar-refractivity contribution is -0.140. The zero-order chi connectivity index (χ0) is 26.2. The van der Waals surface area contributed by atoms with Gasteiger partial charge < -0.3 is 24.4 Å². The number of ether oxygens (including phenoxy) is 2. The van der Waals surface area contributed by atoms with Gasteiger partial charge in [-0.15, -0.1) is 0 Å². The van der Waals surface area contributed by atoms with Gasteiger partial charge in [0.2, 0.25) is 0 Å². The van der Waals surface area contributed by atoms with E-state index in [0.717, 1.165) is 36.1 Å². The molecule has 0 spiro atoms. The smallest absolute Gasteiger partial charge is 0.295 e. The summed E-state index contributed by atoms with van der Waals surface area (Å²) in [5, 5.41) is 11.4. The van der Waals surface area contributed by atoms with Crippen LogP contribution < -0.4 is 9.47 Å². The Hall–Kier alpha value is -3.32. The Morgan fingerprint density at radius 1 is 0.972 bits per heavy atom.